The number of aliphatic imine (C=N–C) groups is 1. The lowest BCUT2D eigenvalue weighted by Crippen LogP contribution is -2.27. The average molecular weight is 524 g/mol. The number of fused-ring (bicyclic) bond motifs is 1. The summed E-state index contributed by atoms with van der Waals surface area (Å²) >= 11 is 0. The third-order valence-electron chi connectivity index (χ3n) is 5.12. The highest BCUT2D eigenvalue weighted by atomic mass is 127. The van der Waals surface area contributed by atoms with Gasteiger partial charge in [0.2, 0.25) is 0 Å². The van der Waals surface area contributed by atoms with Crippen LogP contribution in [0.3, 0.4) is 0 Å². The van der Waals surface area contributed by atoms with Gasteiger partial charge in [0.25, 0.3) is 0 Å². The number of hydrogen-bond acceptors (Lipinski definition) is 4. The molecule has 0 amide bonds. The first-order chi connectivity index (χ1) is 14.1. The molecule has 0 atom stereocenters. The Kier molecular flexibility index (Phi) is 10.4. The van der Waals surface area contributed by atoms with Crippen LogP contribution in [0.4, 0.5) is 5.69 Å². The number of benzene rings is 2. The Bertz CT molecular complexity index is 829. The van der Waals surface area contributed by atoms with Gasteiger partial charge in [0.05, 0.1) is 13.2 Å². The van der Waals surface area contributed by atoms with Crippen LogP contribution in [0, 0.1) is 0 Å². The molecule has 0 saturated heterocycles. The number of rotatable bonds is 10. The summed E-state index contributed by atoms with van der Waals surface area (Å²) < 4.78 is 11.0. The standard InChI is InChI=1S/C23H32N4O2.HI/c1-27(11-13-28-2)12-14-29-22-8-3-5-18(15-22)17-25-23(24)26-21-10-9-19-6-4-7-20(19)16-21;/h3,5,8-10,15-16H,4,6-7,11-14,17H2,1-2H3,(H3,24,25,26);1H. The fraction of sp³-hybridized carbons (Fsp3) is 0.435. The number of likely N-dealkylation sites (N-methyl/N-ethyl adjacent to an activating group) is 1. The van der Waals surface area contributed by atoms with Crippen LogP contribution in [0.25, 0.3) is 0 Å². The van der Waals surface area contributed by atoms with Crippen LogP contribution in [0.1, 0.15) is 23.1 Å². The highest BCUT2D eigenvalue weighted by molar-refractivity contribution is 14.0. The molecule has 7 heteroatoms. The second-order valence-electron chi connectivity index (χ2n) is 7.46. The van der Waals surface area contributed by atoms with Crippen molar-refractivity contribution in [3.63, 3.8) is 0 Å². The summed E-state index contributed by atoms with van der Waals surface area (Å²) in [5, 5.41) is 3.20. The van der Waals surface area contributed by atoms with Gasteiger partial charge in [0, 0.05) is 25.9 Å². The minimum absolute atomic E-state index is 0. The van der Waals surface area contributed by atoms with Crippen molar-refractivity contribution in [3.8, 4) is 5.75 Å². The van der Waals surface area contributed by atoms with Gasteiger partial charge in [-0.15, -0.1) is 24.0 Å². The maximum absolute atomic E-state index is 6.08. The van der Waals surface area contributed by atoms with Crippen molar-refractivity contribution >= 4 is 35.6 Å². The Labute approximate surface area is 196 Å². The minimum Gasteiger partial charge on any atom is -0.492 e. The normalized spacial score (nSPS) is 13.1. The minimum atomic E-state index is 0. The molecule has 2 aromatic rings. The lowest BCUT2D eigenvalue weighted by molar-refractivity contribution is 0.150. The fourth-order valence-electron chi connectivity index (χ4n) is 3.43. The van der Waals surface area contributed by atoms with E-state index in [-0.39, 0.29) is 24.0 Å². The molecule has 0 fully saturated rings. The van der Waals surface area contributed by atoms with E-state index in [4.69, 9.17) is 15.2 Å². The van der Waals surface area contributed by atoms with Crippen LogP contribution < -0.4 is 15.8 Å². The fourth-order valence-corrected chi connectivity index (χ4v) is 3.43. The summed E-state index contributed by atoms with van der Waals surface area (Å²) in [6.45, 7) is 3.61. The van der Waals surface area contributed by atoms with Gasteiger partial charge in [-0.1, -0.05) is 18.2 Å². The van der Waals surface area contributed by atoms with Gasteiger partial charge in [-0.2, -0.15) is 0 Å². The molecule has 3 N–H and O–H groups in total. The molecule has 3 rings (SSSR count). The number of guanidine groups is 1. The Morgan fingerprint density at radius 3 is 2.73 bits per heavy atom. The number of aryl methyl sites for hydroxylation is 2. The van der Waals surface area contributed by atoms with Crippen LogP contribution in [-0.4, -0.2) is 51.3 Å². The summed E-state index contributed by atoms with van der Waals surface area (Å²) in [5.74, 6) is 1.28. The third-order valence-corrected chi connectivity index (χ3v) is 5.12. The molecule has 0 bridgehead atoms. The van der Waals surface area contributed by atoms with Crippen LogP contribution in [0.2, 0.25) is 0 Å². The van der Waals surface area contributed by atoms with Crippen molar-refractivity contribution in [1.29, 1.82) is 0 Å². The average Bonchev–Trinajstić information content (AvgIpc) is 3.19. The number of hydrogen-bond donors (Lipinski definition) is 2. The molecule has 0 unspecified atom stereocenters. The van der Waals surface area contributed by atoms with Gasteiger partial charge in [-0.25, -0.2) is 4.99 Å². The van der Waals surface area contributed by atoms with Gasteiger partial charge in [-0.3, -0.25) is 0 Å². The lowest BCUT2D eigenvalue weighted by Gasteiger charge is -2.16. The summed E-state index contributed by atoms with van der Waals surface area (Å²) in [4.78, 5) is 6.66. The second-order valence-corrected chi connectivity index (χ2v) is 7.46. The van der Waals surface area contributed by atoms with Crippen molar-refractivity contribution in [1.82, 2.24) is 4.90 Å². The van der Waals surface area contributed by atoms with Crippen molar-refractivity contribution in [2.24, 2.45) is 10.7 Å². The lowest BCUT2D eigenvalue weighted by atomic mass is 10.1. The molecule has 0 aliphatic heterocycles. The molecule has 0 spiro atoms. The molecular formula is C23H33IN4O2. The number of nitrogens with one attached hydrogen (secondary N) is 1. The predicted molar refractivity (Wildman–Crippen MR) is 134 cm³/mol. The first-order valence-electron chi connectivity index (χ1n) is 10.2. The number of halogens is 1. The smallest absolute Gasteiger partial charge is 0.193 e. The van der Waals surface area contributed by atoms with E-state index < -0.39 is 0 Å². The Morgan fingerprint density at radius 1 is 1.10 bits per heavy atom. The second kappa shape index (κ2) is 12.8. The van der Waals surface area contributed by atoms with E-state index in [9.17, 15) is 0 Å². The zero-order valence-corrected chi connectivity index (χ0v) is 20.2. The molecule has 0 saturated carbocycles. The largest absolute Gasteiger partial charge is 0.492 e. The summed E-state index contributed by atoms with van der Waals surface area (Å²) in [7, 11) is 3.77. The molecule has 164 valence electrons. The zero-order valence-electron chi connectivity index (χ0n) is 17.9. The molecule has 0 heterocycles. The van der Waals surface area contributed by atoms with E-state index in [2.05, 4.69) is 40.5 Å². The Morgan fingerprint density at radius 2 is 1.90 bits per heavy atom. The first kappa shape index (κ1) is 24.4. The molecule has 1 aliphatic rings. The van der Waals surface area contributed by atoms with E-state index in [0.717, 1.165) is 43.1 Å². The molecular weight excluding hydrogens is 491 g/mol. The third kappa shape index (κ3) is 7.77. The summed E-state index contributed by atoms with van der Waals surface area (Å²) in [6.07, 6.45) is 3.57. The van der Waals surface area contributed by atoms with Crippen LogP contribution in [-0.2, 0) is 24.1 Å². The van der Waals surface area contributed by atoms with E-state index in [1.807, 2.05) is 24.3 Å². The van der Waals surface area contributed by atoms with Crippen LogP contribution >= 0.6 is 24.0 Å². The number of nitrogens with two attached hydrogens (primary N) is 1. The van der Waals surface area contributed by atoms with Crippen LogP contribution in [0.15, 0.2) is 47.5 Å². The van der Waals surface area contributed by atoms with E-state index in [1.54, 1.807) is 7.11 Å². The monoisotopic (exact) mass is 524 g/mol. The van der Waals surface area contributed by atoms with E-state index in [0.29, 0.717) is 19.1 Å². The molecule has 30 heavy (non-hydrogen) atoms. The number of ether oxygens (including phenoxy) is 2. The topological polar surface area (TPSA) is 72.1 Å². The van der Waals surface area contributed by atoms with Gasteiger partial charge in [-0.05, 0) is 67.3 Å². The van der Waals surface area contributed by atoms with Crippen molar-refractivity contribution in [2.75, 3.05) is 45.8 Å². The van der Waals surface area contributed by atoms with Gasteiger partial charge < -0.3 is 25.4 Å². The maximum Gasteiger partial charge on any atom is 0.193 e. The SMILES string of the molecule is COCCN(C)CCOc1cccc(CN=C(N)Nc2ccc3c(c2)CCC3)c1.I. The quantitative estimate of drug-likeness (QED) is 0.282. The number of methoxy groups -OCH3 is 1. The summed E-state index contributed by atoms with van der Waals surface area (Å²) in [6, 6.07) is 14.4. The Balaban J connectivity index is 0.00000320. The zero-order chi connectivity index (χ0) is 20.5. The van der Waals surface area contributed by atoms with Gasteiger partial charge in [0.1, 0.15) is 12.4 Å². The highest BCUT2D eigenvalue weighted by Gasteiger charge is 2.10. The van der Waals surface area contributed by atoms with Crippen LogP contribution in [0.5, 0.6) is 5.75 Å². The van der Waals surface area contributed by atoms with Crippen molar-refractivity contribution in [2.45, 2.75) is 25.8 Å². The molecule has 0 aromatic heterocycles. The van der Waals surface area contributed by atoms with Crippen molar-refractivity contribution < 1.29 is 9.47 Å². The number of anilines is 1. The highest BCUT2D eigenvalue weighted by Crippen LogP contribution is 2.24. The first-order valence-corrected chi connectivity index (χ1v) is 10.2. The molecule has 2 aromatic carbocycles. The molecule has 6 nitrogen and oxygen atoms in total. The van der Waals surface area contributed by atoms with Crippen molar-refractivity contribution in [3.05, 3.63) is 59.2 Å². The predicted octanol–water partition coefficient (Wildman–Crippen LogP) is 3.68. The van der Waals surface area contributed by atoms with Gasteiger partial charge in [0.15, 0.2) is 5.96 Å². The molecule has 0 radical (unpaired) electrons. The molecule has 1 aliphatic carbocycles. The van der Waals surface area contributed by atoms with E-state index in [1.165, 1.54) is 24.0 Å². The van der Waals surface area contributed by atoms with Gasteiger partial charge >= 0.3 is 0 Å². The van der Waals surface area contributed by atoms with E-state index >= 15 is 0 Å². The summed E-state index contributed by atoms with van der Waals surface area (Å²) in [5.41, 5.74) is 11.0. The number of nitrogens with zero attached hydrogens (tertiary/aromatic N) is 2. The maximum atomic E-state index is 6.08. The Hall–Kier alpha value is -1.84.